The molecule has 6 N–H and O–H groups in total. The summed E-state index contributed by atoms with van der Waals surface area (Å²) in [6, 6.07) is 0. The van der Waals surface area contributed by atoms with Crippen molar-refractivity contribution in [1.29, 1.82) is 0 Å². The second-order valence-electron chi connectivity index (χ2n) is 5.35. The van der Waals surface area contributed by atoms with E-state index in [2.05, 4.69) is 0 Å². The summed E-state index contributed by atoms with van der Waals surface area (Å²) in [4.78, 5) is 0. The lowest BCUT2D eigenvalue weighted by atomic mass is 9.99. The van der Waals surface area contributed by atoms with Gasteiger partial charge in [0.2, 0.25) is 0 Å². The van der Waals surface area contributed by atoms with E-state index in [4.69, 9.17) is 31.7 Å². The second-order valence-corrected chi connectivity index (χ2v) is 6.04. The molecular formula is C11H20O11S2. The summed E-state index contributed by atoms with van der Waals surface area (Å²) in [5, 5.41) is 39.1. The number of hydrogen-bond acceptors (Lipinski definition) is 13. The highest BCUT2D eigenvalue weighted by atomic mass is 32.2. The summed E-state index contributed by atoms with van der Waals surface area (Å²) in [5.74, 6) is 0. The highest BCUT2D eigenvalue weighted by molar-refractivity contribution is 7.89. The van der Waals surface area contributed by atoms with Crippen molar-refractivity contribution in [3.63, 3.8) is 0 Å². The van der Waals surface area contributed by atoms with E-state index in [1.54, 1.807) is 0 Å². The molecule has 2 aliphatic rings. The Kier molecular flexibility index (Phi) is 7.95. The molecule has 0 bridgehead atoms. The van der Waals surface area contributed by atoms with E-state index in [1.165, 1.54) is 6.92 Å². The van der Waals surface area contributed by atoms with Gasteiger partial charge in [-0.15, -0.1) is 0 Å². The number of rotatable bonds is 6. The molecule has 2 heterocycles. The van der Waals surface area contributed by atoms with Crippen molar-refractivity contribution in [3.05, 3.63) is 0 Å². The quantitative estimate of drug-likeness (QED) is 0.291. The molecule has 2 fully saturated rings. The smallest absolute Gasteiger partial charge is 0.188 e. The maximum Gasteiger partial charge on any atom is 0.188 e. The van der Waals surface area contributed by atoms with Crippen LogP contribution in [0.4, 0.5) is 0 Å². The first-order valence-corrected chi connectivity index (χ1v) is 8.39. The Balaban J connectivity index is 2.12. The van der Waals surface area contributed by atoms with Crippen molar-refractivity contribution < 1.29 is 52.1 Å². The number of ether oxygens (including phenoxy) is 3. The predicted molar refractivity (Wildman–Crippen MR) is 79.4 cm³/mol. The van der Waals surface area contributed by atoms with Crippen LogP contribution < -0.4 is 0 Å². The van der Waals surface area contributed by atoms with Crippen molar-refractivity contribution in [2.24, 2.45) is 0 Å². The molecule has 11 nitrogen and oxygen atoms in total. The highest BCUT2D eigenvalue weighted by Crippen LogP contribution is 2.31. The van der Waals surface area contributed by atoms with Crippen LogP contribution >= 0.6 is 24.6 Å². The number of hydrogen-bond donors (Lipinski definition) is 6. The number of aliphatic hydroxyl groups excluding tert-OH is 4. The molecule has 0 aromatic heterocycles. The van der Waals surface area contributed by atoms with Gasteiger partial charge in [-0.1, -0.05) is 0 Å². The minimum Gasteiger partial charge on any atom is -0.388 e. The van der Waals surface area contributed by atoms with Crippen molar-refractivity contribution in [2.45, 2.75) is 62.2 Å². The van der Waals surface area contributed by atoms with Gasteiger partial charge < -0.3 is 43.7 Å². The van der Waals surface area contributed by atoms with Crippen molar-refractivity contribution in [3.8, 4) is 0 Å². The Hall–Kier alpha value is 0.260. The van der Waals surface area contributed by atoms with Crippen LogP contribution in [0.25, 0.3) is 0 Å². The van der Waals surface area contributed by atoms with E-state index in [-0.39, 0.29) is 31.3 Å². The molecule has 2 rings (SSSR count). The van der Waals surface area contributed by atoms with Gasteiger partial charge in [0, 0.05) is 0 Å². The molecule has 9 unspecified atom stereocenters. The zero-order chi connectivity index (χ0) is 17.9. The summed E-state index contributed by atoms with van der Waals surface area (Å²) in [5.41, 5.74) is 0. The van der Waals surface area contributed by atoms with Gasteiger partial charge in [0.25, 0.3) is 0 Å². The molecule has 24 heavy (non-hydrogen) atoms. The fourth-order valence-electron chi connectivity index (χ4n) is 2.54. The second kappa shape index (κ2) is 9.27. The van der Waals surface area contributed by atoms with Crippen molar-refractivity contribution in [2.75, 3.05) is 6.61 Å². The minimum atomic E-state index is -1.54. The fourth-order valence-corrected chi connectivity index (χ4v) is 3.17. The lowest BCUT2D eigenvalue weighted by molar-refractivity contribution is -0.330. The van der Waals surface area contributed by atoms with E-state index in [0.29, 0.717) is 0 Å². The van der Waals surface area contributed by atoms with Gasteiger partial charge in [-0.3, -0.25) is 8.37 Å². The van der Waals surface area contributed by atoms with Gasteiger partial charge in [0.1, 0.15) is 30.5 Å². The molecule has 2 saturated heterocycles. The monoisotopic (exact) mass is 392 g/mol. The van der Waals surface area contributed by atoms with Crippen LogP contribution in [-0.2, 0) is 22.6 Å². The molecule has 13 heteroatoms. The topological polar surface area (TPSA) is 168 Å². The van der Waals surface area contributed by atoms with Crippen LogP contribution in [0.5, 0.6) is 0 Å². The lowest BCUT2D eigenvalue weighted by Gasteiger charge is -2.44. The maximum absolute atomic E-state index is 9.94. The largest absolute Gasteiger partial charge is 0.388 e. The SMILES string of the molecule is CC1OC(O)C(O)C(OSO)C1OC1OCC(O)C(O)C1OSO. The third kappa shape index (κ3) is 4.50. The normalized spacial score (nSPS) is 46.9. The molecule has 0 aliphatic carbocycles. The Morgan fingerprint density at radius 1 is 0.917 bits per heavy atom. The standard InChI is InChI=1S/C11H20O11S2/c1-3-7(8(21-23-16)6(14)10(15)19-3)20-11-9(22-24-17)5(13)4(12)2-18-11/h3-17H,2H2,1H3. The summed E-state index contributed by atoms with van der Waals surface area (Å²) < 4.78 is 43.5. The van der Waals surface area contributed by atoms with E-state index < -0.39 is 55.3 Å². The molecule has 2 aliphatic heterocycles. The molecule has 9 atom stereocenters. The molecule has 0 saturated carbocycles. The molecule has 0 aromatic rings. The molecule has 0 spiro atoms. The zero-order valence-electron chi connectivity index (χ0n) is 12.4. The predicted octanol–water partition coefficient (Wildman–Crippen LogP) is -1.44. The summed E-state index contributed by atoms with van der Waals surface area (Å²) in [6.45, 7) is 1.28. The maximum atomic E-state index is 9.94. The van der Waals surface area contributed by atoms with Crippen LogP contribution in [-0.4, -0.2) is 91.4 Å². The van der Waals surface area contributed by atoms with Gasteiger partial charge >= 0.3 is 0 Å². The minimum absolute atomic E-state index is 0.0185. The lowest BCUT2D eigenvalue weighted by Crippen LogP contribution is -2.62. The van der Waals surface area contributed by atoms with Crippen LogP contribution in [0.3, 0.4) is 0 Å². The fraction of sp³-hybridized carbons (Fsp3) is 1.00. The van der Waals surface area contributed by atoms with Crippen molar-refractivity contribution >= 4 is 24.6 Å². The summed E-state index contributed by atoms with van der Waals surface area (Å²) >= 11 is -0.0531. The van der Waals surface area contributed by atoms with E-state index in [9.17, 15) is 20.4 Å². The van der Waals surface area contributed by atoms with E-state index in [0.717, 1.165) is 0 Å². The van der Waals surface area contributed by atoms with Gasteiger partial charge in [0.05, 0.1) is 12.7 Å². The first-order chi connectivity index (χ1) is 11.4. The van der Waals surface area contributed by atoms with Gasteiger partial charge in [0.15, 0.2) is 43.3 Å². The first-order valence-electron chi connectivity index (χ1n) is 6.99. The zero-order valence-corrected chi connectivity index (χ0v) is 14.1. The molecule has 142 valence electrons. The third-order valence-electron chi connectivity index (χ3n) is 3.80. The van der Waals surface area contributed by atoms with Crippen LogP contribution in [0, 0.1) is 0 Å². The number of aliphatic hydroxyl groups is 4. The third-order valence-corrected chi connectivity index (χ3v) is 4.42. The highest BCUT2D eigenvalue weighted by Gasteiger charge is 2.49. The van der Waals surface area contributed by atoms with Gasteiger partial charge in [-0.25, -0.2) is 0 Å². The van der Waals surface area contributed by atoms with E-state index in [1.807, 2.05) is 0 Å². The molecule has 0 amide bonds. The summed E-state index contributed by atoms with van der Waals surface area (Å²) in [7, 11) is 0. The average molecular weight is 392 g/mol. The van der Waals surface area contributed by atoms with Gasteiger partial charge in [-0.2, -0.15) is 0 Å². The molecule has 0 radical (unpaired) electrons. The van der Waals surface area contributed by atoms with Crippen LogP contribution in [0.1, 0.15) is 6.92 Å². The first kappa shape index (κ1) is 20.6. The Morgan fingerprint density at radius 2 is 1.54 bits per heavy atom. The van der Waals surface area contributed by atoms with Crippen LogP contribution in [0.15, 0.2) is 0 Å². The Morgan fingerprint density at radius 3 is 2.17 bits per heavy atom. The van der Waals surface area contributed by atoms with Crippen molar-refractivity contribution in [1.82, 2.24) is 0 Å². The van der Waals surface area contributed by atoms with Crippen LogP contribution in [0.2, 0.25) is 0 Å². The average Bonchev–Trinajstić information content (AvgIpc) is 2.55. The molecule has 0 aromatic carbocycles. The Bertz CT molecular complexity index is 391. The van der Waals surface area contributed by atoms with Gasteiger partial charge in [-0.05, 0) is 6.92 Å². The molecular weight excluding hydrogens is 372 g/mol. The Labute approximate surface area is 146 Å². The van der Waals surface area contributed by atoms with E-state index >= 15 is 0 Å². The summed E-state index contributed by atoms with van der Waals surface area (Å²) in [6.07, 6.45) is -11.2.